The molecule has 24 heavy (non-hydrogen) atoms. The summed E-state index contributed by atoms with van der Waals surface area (Å²) in [5.41, 5.74) is -0.0638. The lowest BCUT2D eigenvalue weighted by Crippen LogP contribution is -2.49. The third kappa shape index (κ3) is 3.25. The second kappa shape index (κ2) is 6.83. The SMILES string of the molecule is CCNC(=O)[C@H]1CC[C@@](C)(C(=O)NCc2ccc(O)cc2)C1(C)C. The maximum absolute atomic E-state index is 12.9. The van der Waals surface area contributed by atoms with Crippen LogP contribution in [0.3, 0.4) is 0 Å². The first-order chi connectivity index (χ1) is 11.2. The molecule has 1 aliphatic rings. The Hall–Kier alpha value is -2.04. The minimum atomic E-state index is -0.584. The lowest BCUT2D eigenvalue weighted by Gasteiger charge is -2.39. The molecule has 0 bridgehead atoms. The van der Waals surface area contributed by atoms with Gasteiger partial charge < -0.3 is 15.7 Å². The van der Waals surface area contributed by atoms with Crippen LogP contribution in [0.15, 0.2) is 24.3 Å². The lowest BCUT2D eigenvalue weighted by atomic mass is 9.65. The van der Waals surface area contributed by atoms with Crippen LogP contribution in [0.5, 0.6) is 5.75 Å². The van der Waals surface area contributed by atoms with E-state index in [0.717, 1.165) is 12.0 Å². The largest absolute Gasteiger partial charge is 0.508 e. The van der Waals surface area contributed by atoms with Gasteiger partial charge in [0.25, 0.3) is 0 Å². The number of benzene rings is 1. The zero-order valence-corrected chi connectivity index (χ0v) is 15.0. The van der Waals surface area contributed by atoms with Crippen molar-refractivity contribution in [3.8, 4) is 5.75 Å². The highest BCUT2D eigenvalue weighted by Gasteiger charge is 2.57. The molecule has 1 aromatic rings. The molecule has 0 aromatic heterocycles. The Labute approximate surface area is 143 Å². The highest BCUT2D eigenvalue weighted by molar-refractivity contribution is 5.87. The molecule has 5 nitrogen and oxygen atoms in total. The molecule has 0 unspecified atom stereocenters. The molecule has 2 atom stereocenters. The van der Waals surface area contributed by atoms with Crippen LogP contribution < -0.4 is 10.6 Å². The molecule has 5 heteroatoms. The topological polar surface area (TPSA) is 78.4 Å². The Morgan fingerprint density at radius 3 is 2.38 bits per heavy atom. The number of phenolic OH excluding ortho intramolecular Hbond substituents is 1. The number of carbonyl (C=O) groups is 2. The first-order valence-corrected chi connectivity index (χ1v) is 8.56. The Balaban J connectivity index is 2.07. The minimum Gasteiger partial charge on any atom is -0.508 e. The van der Waals surface area contributed by atoms with Crippen LogP contribution in [0.1, 0.15) is 46.1 Å². The Morgan fingerprint density at radius 2 is 1.79 bits per heavy atom. The van der Waals surface area contributed by atoms with Gasteiger partial charge in [0.1, 0.15) is 5.75 Å². The predicted octanol–water partition coefficient (Wildman–Crippen LogP) is 2.59. The third-order valence-corrected chi connectivity index (χ3v) is 5.78. The summed E-state index contributed by atoms with van der Waals surface area (Å²) < 4.78 is 0. The number of hydrogen-bond donors (Lipinski definition) is 3. The molecule has 1 aliphatic carbocycles. The number of carbonyl (C=O) groups excluding carboxylic acids is 2. The van der Waals surface area contributed by atoms with Crippen molar-refractivity contribution in [3.63, 3.8) is 0 Å². The molecular formula is C19H28N2O3. The molecule has 1 saturated carbocycles. The van der Waals surface area contributed by atoms with Gasteiger partial charge in [0.2, 0.25) is 11.8 Å². The highest BCUT2D eigenvalue weighted by Crippen LogP contribution is 2.56. The molecule has 3 N–H and O–H groups in total. The Kier molecular flexibility index (Phi) is 5.21. The number of amides is 2. The van der Waals surface area contributed by atoms with Crippen LogP contribution in [0.4, 0.5) is 0 Å². The van der Waals surface area contributed by atoms with Gasteiger partial charge in [-0.3, -0.25) is 9.59 Å². The second-order valence-corrected chi connectivity index (χ2v) is 7.39. The van der Waals surface area contributed by atoms with E-state index < -0.39 is 10.8 Å². The van der Waals surface area contributed by atoms with Gasteiger partial charge >= 0.3 is 0 Å². The van der Waals surface area contributed by atoms with Crippen molar-refractivity contribution >= 4 is 11.8 Å². The lowest BCUT2D eigenvalue weighted by molar-refractivity contribution is -0.139. The number of nitrogens with one attached hydrogen (secondary N) is 2. The van der Waals surface area contributed by atoms with Gasteiger partial charge in [0, 0.05) is 19.0 Å². The van der Waals surface area contributed by atoms with Gasteiger partial charge in [0.05, 0.1) is 5.41 Å². The quantitative estimate of drug-likeness (QED) is 0.775. The van der Waals surface area contributed by atoms with Gasteiger partial charge in [-0.15, -0.1) is 0 Å². The normalized spacial score (nSPS) is 25.2. The van der Waals surface area contributed by atoms with E-state index in [2.05, 4.69) is 10.6 Å². The van der Waals surface area contributed by atoms with Crippen molar-refractivity contribution in [3.05, 3.63) is 29.8 Å². The summed E-state index contributed by atoms with van der Waals surface area (Å²) in [6.07, 6.45) is 1.42. The Bertz CT molecular complexity index is 610. The first-order valence-electron chi connectivity index (χ1n) is 8.56. The number of hydrogen-bond acceptors (Lipinski definition) is 3. The summed E-state index contributed by atoms with van der Waals surface area (Å²) in [5.74, 6) is 0.0746. The fourth-order valence-corrected chi connectivity index (χ4v) is 3.65. The van der Waals surface area contributed by atoms with E-state index in [1.165, 1.54) is 0 Å². The van der Waals surface area contributed by atoms with E-state index in [1.54, 1.807) is 24.3 Å². The molecule has 0 heterocycles. The second-order valence-electron chi connectivity index (χ2n) is 7.39. The monoisotopic (exact) mass is 332 g/mol. The average Bonchev–Trinajstić information content (AvgIpc) is 2.78. The van der Waals surface area contributed by atoms with Gasteiger partial charge in [-0.1, -0.05) is 32.9 Å². The van der Waals surface area contributed by atoms with E-state index >= 15 is 0 Å². The van der Waals surface area contributed by atoms with Gasteiger partial charge in [-0.05, 0) is 42.9 Å². The number of rotatable bonds is 5. The van der Waals surface area contributed by atoms with E-state index in [4.69, 9.17) is 0 Å². The van der Waals surface area contributed by atoms with E-state index in [1.807, 2.05) is 27.7 Å². The average molecular weight is 332 g/mol. The van der Waals surface area contributed by atoms with Crippen molar-refractivity contribution in [2.45, 2.75) is 47.1 Å². The van der Waals surface area contributed by atoms with Crippen LogP contribution in [-0.2, 0) is 16.1 Å². The zero-order chi connectivity index (χ0) is 18.0. The predicted molar refractivity (Wildman–Crippen MR) is 93.2 cm³/mol. The molecular weight excluding hydrogens is 304 g/mol. The fourth-order valence-electron chi connectivity index (χ4n) is 3.65. The van der Waals surface area contributed by atoms with Gasteiger partial charge in [-0.2, -0.15) is 0 Å². The zero-order valence-electron chi connectivity index (χ0n) is 15.0. The molecule has 1 fully saturated rings. The van der Waals surface area contributed by atoms with Crippen LogP contribution in [-0.4, -0.2) is 23.5 Å². The molecule has 132 valence electrons. The number of aromatic hydroxyl groups is 1. The van der Waals surface area contributed by atoms with Crippen molar-refractivity contribution in [2.24, 2.45) is 16.7 Å². The summed E-state index contributed by atoms with van der Waals surface area (Å²) in [6, 6.07) is 6.78. The van der Waals surface area contributed by atoms with Crippen LogP contribution in [0.25, 0.3) is 0 Å². The highest BCUT2D eigenvalue weighted by atomic mass is 16.3. The van der Waals surface area contributed by atoms with Crippen LogP contribution in [0, 0.1) is 16.7 Å². The maximum atomic E-state index is 12.9. The molecule has 0 saturated heterocycles. The number of phenols is 1. The van der Waals surface area contributed by atoms with E-state index in [-0.39, 0.29) is 23.5 Å². The van der Waals surface area contributed by atoms with Gasteiger partial charge in [-0.25, -0.2) is 0 Å². The summed E-state index contributed by atoms with van der Waals surface area (Å²) in [4.78, 5) is 25.2. The van der Waals surface area contributed by atoms with Crippen molar-refractivity contribution in [2.75, 3.05) is 6.54 Å². The van der Waals surface area contributed by atoms with Gasteiger partial charge in [0.15, 0.2) is 0 Å². The summed E-state index contributed by atoms with van der Waals surface area (Å²) >= 11 is 0. The summed E-state index contributed by atoms with van der Waals surface area (Å²) in [5, 5.41) is 15.2. The molecule has 2 rings (SSSR count). The molecule has 0 aliphatic heterocycles. The van der Waals surface area contributed by atoms with E-state index in [9.17, 15) is 14.7 Å². The summed E-state index contributed by atoms with van der Waals surface area (Å²) in [6.45, 7) is 8.91. The fraction of sp³-hybridized carbons (Fsp3) is 0.579. The maximum Gasteiger partial charge on any atom is 0.226 e. The first kappa shape index (κ1) is 18.3. The van der Waals surface area contributed by atoms with Crippen LogP contribution >= 0.6 is 0 Å². The smallest absolute Gasteiger partial charge is 0.226 e. The third-order valence-electron chi connectivity index (χ3n) is 5.78. The van der Waals surface area contributed by atoms with Crippen molar-refractivity contribution in [1.29, 1.82) is 0 Å². The van der Waals surface area contributed by atoms with Crippen LogP contribution in [0.2, 0.25) is 0 Å². The standard InChI is InChI=1S/C19H28N2O3/c1-5-20-16(23)15-10-11-19(4,18(15,2)3)17(24)21-12-13-6-8-14(22)9-7-13/h6-9,15,22H,5,10-12H2,1-4H3,(H,20,23)(H,21,24)/t15-,19+/m1/s1. The molecule has 2 amide bonds. The molecule has 0 spiro atoms. The van der Waals surface area contributed by atoms with Crippen molar-refractivity contribution in [1.82, 2.24) is 10.6 Å². The molecule has 1 aromatic carbocycles. The summed E-state index contributed by atoms with van der Waals surface area (Å²) in [7, 11) is 0. The Morgan fingerprint density at radius 1 is 1.17 bits per heavy atom. The molecule has 0 radical (unpaired) electrons. The van der Waals surface area contributed by atoms with Crippen molar-refractivity contribution < 1.29 is 14.7 Å². The minimum absolute atomic E-state index is 0.0210. The van der Waals surface area contributed by atoms with E-state index in [0.29, 0.717) is 19.5 Å².